The normalized spacial score (nSPS) is 11.4. The molecule has 1 heterocycles. The first-order valence-electron chi connectivity index (χ1n) is 2.98. The third-order valence-electron chi connectivity index (χ3n) is 0.963. The number of alkyl halides is 1. The molecule has 0 aliphatic rings. The molecule has 5 nitrogen and oxygen atoms in total. The van der Waals surface area contributed by atoms with E-state index in [1.54, 1.807) is 0 Å². The predicted octanol–water partition coefficient (Wildman–Crippen LogP) is 0.519. The van der Waals surface area contributed by atoms with E-state index in [-0.39, 0.29) is 11.6 Å². The lowest BCUT2D eigenvalue weighted by atomic mass is 10.9. The van der Waals surface area contributed by atoms with E-state index in [1.165, 1.54) is 6.20 Å². The maximum atomic E-state index is 11.1. The molecular weight excluding hydrogens is 222 g/mol. The quantitative estimate of drug-likeness (QED) is 0.762. The number of halogens is 1. The summed E-state index contributed by atoms with van der Waals surface area (Å²) >= 11 is 6.26. The molecule has 1 rings (SSSR count). The Balaban J connectivity index is 2.63. The molecule has 0 saturated carbocycles. The van der Waals surface area contributed by atoms with Crippen LogP contribution in [0.1, 0.15) is 0 Å². The van der Waals surface area contributed by atoms with Gasteiger partial charge in [-0.1, -0.05) is 4.49 Å². The molecule has 0 fully saturated rings. The van der Waals surface area contributed by atoms with Crippen molar-refractivity contribution in [1.82, 2.24) is 9.59 Å². The number of hydrogen-bond donors (Lipinski definition) is 1. The highest BCUT2D eigenvalue weighted by atomic mass is 35.5. The highest BCUT2D eigenvalue weighted by Crippen LogP contribution is 2.11. The summed E-state index contributed by atoms with van der Waals surface area (Å²) in [6.07, 6.45) is 1.34. The van der Waals surface area contributed by atoms with Gasteiger partial charge in [0.25, 0.3) is 0 Å². The van der Waals surface area contributed by atoms with Crippen LogP contribution >= 0.6 is 23.1 Å². The van der Waals surface area contributed by atoms with Crippen molar-refractivity contribution in [2.45, 2.75) is 0 Å². The standard InChI is InChI=1S/C4H6ClN3O2S2/c5-1-2-12(9,10)7-4-3-6-8-11-4/h3,7H,1-2H2. The highest BCUT2D eigenvalue weighted by Gasteiger charge is 2.09. The lowest BCUT2D eigenvalue weighted by molar-refractivity contribution is 0.602. The summed E-state index contributed by atoms with van der Waals surface area (Å²) in [7, 11) is -3.31. The molecule has 8 heteroatoms. The molecule has 1 N–H and O–H groups in total. The molecular formula is C4H6ClN3O2S2. The summed E-state index contributed by atoms with van der Waals surface area (Å²) < 4.78 is 27.9. The lowest BCUT2D eigenvalue weighted by Crippen LogP contribution is -2.16. The fourth-order valence-electron chi connectivity index (χ4n) is 0.518. The van der Waals surface area contributed by atoms with E-state index in [0.717, 1.165) is 11.5 Å². The van der Waals surface area contributed by atoms with Gasteiger partial charge in [-0.2, -0.15) is 0 Å². The van der Waals surface area contributed by atoms with Gasteiger partial charge in [-0.15, -0.1) is 16.7 Å². The van der Waals surface area contributed by atoms with Gasteiger partial charge in [-0.3, -0.25) is 4.72 Å². The van der Waals surface area contributed by atoms with Gasteiger partial charge in [0.1, 0.15) is 5.00 Å². The van der Waals surface area contributed by atoms with Gasteiger partial charge < -0.3 is 0 Å². The predicted molar refractivity (Wildman–Crippen MR) is 48.0 cm³/mol. The van der Waals surface area contributed by atoms with Crippen molar-refractivity contribution in [3.8, 4) is 0 Å². The Labute approximate surface area is 79.0 Å². The topological polar surface area (TPSA) is 72.0 Å². The van der Waals surface area contributed by atoms with Crippen LogP contribution in [0.15, 0.2) is 6.20 Å². The number of sulfonamides is 1. The van der Waals surface area contributed by atoms with Gasteiger partial charge in [-0.25, -0.2) is 8.42 Å². The van der Waals surface area contributed by atoms with E-state index < -0.39 is 10.0 Å². The molecule has 68 valence electrons. The Bertz CT molecular complexity index is 322. The molecule has 0 atom stereocenters. The Morgan fingerprint density at radius 1 is 1.67 bits per heavy atom. The molecule has 0 aliphatic heterocycles. The van der Waals surface area contributed by atoms with Crippen LogP contribution < -0.4 is 4.72 Å². The smallest absolute Gasteiger partial charge is 0.234 e. The number of anilines is 1. The van der Waals surface area contributed by atoms with E-state index in [4.69, 9.17) is 11.6 Å². The zero-order valence-corrected chi connectivity index (χ0v) is 8.29. The summed E-state index contributed by atoms with van der Waals surface area (Å²) in [5, 5.41) is 3.88. The fourth-order valence-corrected chi connectivity index (χ4v) is 2.60. The maximum absolute atomic E-state index is 11.1. The van der Waals surface area contributed by atoms with Crippen LogP contribution in [0.5, 0.6) is 0 Å². The third-order valence-corrected chi connectivity index (χ3v) is 3.36. The average molecular weight is 228 g/mol. The van der Waals surface area contributed by atoms with Crippen LogP contribution in [0.3, 0.4) is 0 Å². The number of rotatable bonds is 4. The minimum Gasteiger partial charge on any atom is -0.272 e. The molecule has 0 radical (unpaired) electrons. The van der Waals surface area contributed by atoms with E-state index in [0.29, 0.717) is 5.00 Å². The Kier molecular flexibility index (Phi) is 3.24. The summed E-state index contributed by atoms with van der Waals surface area (Å²) in [4.78, 5) is 0. The van der Waals surface area contributed by atoms with Crippen LogP contribution in [0.4, 0.5) is 5.00 Å². The Morgan fingerprint density at radius 3 is 2.92 bits per heavy atom. The Hall–Kier alpha value is -0.400. The molecule has 0 aliphatic carbocycles. The Morgan fingerprint density at radius 2 is 2.42 bits per heavy atom. The number of hydrogen-bond acceptors (Lipinski definition) is 5. The van der Waals surface area contributed by atoms with Crippen molar-refractivity contribution in [1.29, 1.82) is 0 Å². The molecule has 0 saturated heterocycles. The fraction of sp³-hybridized carbons (Fsp3) is 0.500. The van der Waals surface area contributed by atoms with Gasteiger partial charge in [0.2, 0.25) is 10.0 Å². The maximum Gasteiger partial charge on any atom is 0.234 e. The van der Waals surface area contributed by atoms with Gasteiger partial charge in [0, 0.05) is 17.4 Å². The van der Waals surface area contributed by atoms with E-state index in [1.807, 2.05) is 0 Å². The van der Waals surface area contributed by atoms with Crippen LogP contribution in [-0.2, 0) is 10.0 Å². The molecule has 0 spiro atoms. The second-order valence-corrected chi connectivity index (χ2v) is 4.90. The first-order valence-corrected chi connectivity index (χ1v) is 5.94. The molecule has 12 heavy (non-hydrogen) atoms. The summed E-state index contributed by atoms with van der Waals surface area (Å²) in [6, 6.07) is 0. The van der Waals surface area contributed by atoms with Crippen molar-refractivity contribution in [3.63, 3.8) is 0 Å². The van der Waals surface area contributed by atoms with E-state index in [2.05, 4.69) is 14.3 Å². The second-order valence-electron chi connectivity index (χ2n) is 1.89. The lowest BCUT2D eigenvalue weighted by Gasteiger charge is -2.00. The molecule has 0 amide bonds. The third kappa shape index (κ3) is 2.92. The van der Waals surface area contributed by atoms with Crippen molar-refractivity contribution >= 4 is 38.2 Å². The van der Waals surface area contributed by atoms with Gasteiger partial charge in [0.15, 0.2) is 0 Å². The highest BCUT2D eigenvalue weighted by molar-refractivity contribution is 7.92. The van der Waals surface area contributed by atoms with Gasteiger partial charge in [0.05, 0.1) is 11.9 Å². The summed E-state index contributed by atoms with van der Waals surface area (Å²) in [6.45, 7) is 0. The minimum absolute atomic E-state index is 0.0710. The molecule has 0 bridgehead atoms. The molecule has 1 aromatic heterocycles. The van der Waals surface area contributed by atoms with Crippen LogP contribution in [0.2, 0.25) is 0 Å². The van der Waals surface area contributed by atoms with Crippen LogP contribution in [0, 0.1) is 0 Å². The largest absolute Gasteiger partial charge is 0.272 e. The minimum atomic E-state index is -3.31. The average Bonchev–Trinajstić information content (AvgIpc) is 2.38. The first-order chi connectivity index (χ1) is 5.64. The molecule has 0 aromatic carbocycles. The second kappa shape index (κ2) is 4.01. The van der Waals surface area contributed by atoms with Crippen molar-refractivity contribution < 1.29 is 8.42 Å². The van der Waals surface area contributed by atoms with Crippen molar-refractivity contribution in [2.24, 2.45) is 0 Å². The van der Waals surface area contributed by atoms with Crippen LogP contribution in [-0.4, -0.2) is 29.6 Å². The number of nitrogens with zero attached hydrogens (tertiary/aromatic N) is 2. The van der Waals surface area contributed by atoms with E-state index >= 15 is 0 Å². The monoisotopic (exact) mass is 227 g/mol. The molecule has 1 aromatic rings. The summed E-state index contributed by atoms with van der Waals surface area (Å²) in [5.74, 6) is -0.0337. The SMILES string of the molecule is O=S(=O)(CCCl)Nc1cnns1. The first kappa shape index (κ1) is 9.69. The van der Waals surface area contributed by atoms with Gasteiger partial charge >= 0.3 is 0 Å². The zero-order chi connectivity index (χ0) is 9.03. The van der Waals surface area contributed by atoms with Gasteiger partial charge in [-0.05, 0) is 0 Å². The number of aromatic nitrogens is 2. The number of nitrogens with one attached hydrogen (secondary N) is 1. The van der Waals surface area contributed by atoms with Crippen molar-refractivity contribution in [2.75, 3.05) is 16.4 Å². The summed E-state index contributed by atoms with van der Waals surface area (Å²) in [5.41, 5.74) is 0. The van der Waals surface area contributed by atoms with Crippen LogP contribution in [0.25, 0.3) is 0 Å². The molecule has 0 unspecified atom stereocenters. The van der Waals surface area contributed by atoms with Crippen molar-refractivity contribution in [3.05, 3.63) is 6.20 Å². The van der Waals surface area contributed by atoms with E-state index in [9.17, 15) is 8.42 Å². The zero-order valence-electron chi connectivity index (χ0n) is 5.90.